The number of nitriles is 1. The third-order valence-electron chi connectivity index (χ3n) is 5.63. The number of fused-ring (bicyclic) bond motifs is 1. The fourth-order valence-electron chi connectivity index (χ4n) is 4.21. The standard InChI is InChI=1S/C23H29N3O2/c1-6-26-21-11-16(2)18(13-20(21)17(3)14-23(26,4)5)12-19(15-24)22(27)25-7-9-28-10-8-25/h11-14H,6-10H2,1-5H3/b19-12-. The number of aryl methyl sites for hydroxylation is 1. The molecule has 1 aromatic carbocycles. The fourth-order valence-corrected chi connectivity index (χ4v) is 4.21. The second-order valence-electron chi connectivity index (χ2n) is 8.03. The van der Waals surface area contributed by atoms with E-state index in [1.807, 2.05) is 6.92 Å². The Kier molecular flexibility index (Phi) is 5.62. The average Bonchev–Trinajstić information content (AvgIpc) is 2.66. The lowest BCUT2D eigenvalue weighted by Gasteiger charge is -2.43. The number of carbonyl (C=O) groups excluding carboxylic acids is 1. The molecule has 0 spiro atoms. The van der Waals surface area contributed by atoms with Crippen LogP contribution in [0.2, 0.25) is 0 Å². The van der Waals surface area contributed by atoms with Crippen molar-refractivity contribution in [3.63, 3.8) is 0 Å². The number of carbonyl (C=O) groups is 1. The Morgan fingerprint density at radius 1 is 1.29 bits per heavy atom. The first-order chi connectivity index (χ1) is 13.3. The summed E-state index contributed by atoms with van der Waals surface area (Å²) in [6, 6.07) is 6.39. The Morgan fingerprint density at radius 2 is 1.96 bits per heavy atom. The van der Waals surface area contributed by atoms with Crippen molar-refractivity contribution in [1.82, 2.24) is 4.90 Å². The van der Waals surface area contributed by atoms with Crippen molar-refractivity contribution in [2.24, 2.45) is 0 Å². The molecule has 2 aliphatic rings. The number of rotatable bonds is 3. The summed E-state index contributed by atoms with van der Waals surface area (Å²) in [5.41, 5.74) is 5.70. The quantitative estimate of drug-likeness (QED) is 0.592. The first kappa shape index (κ1) is 20.2. The molecule has 28 heavy (non-hydrogen) atoms. The molecule has 0 unspecified atom stereocenters. The molecule has 0 saturated carbocycles. The van der Waals surface area contributed by atoms with Crippen molar-refractivity contribution in [3.8, 4) is 6.07 Å². The average molecular weight is 380 g/mol. The normalized spacial score (nSPS) is 19.0. The van der Waals surface area contributed by atoms with Gasteiger partial charge in [-0.1, -0.05) is 6.08 Å². The van der Waals surface area contributed by atoms with Gasteiger partial charge in [0.25, 0.3) is 5.91 Å². The Labute approximate surface area is 167 Å². The highest BCUT2D eigenvalue weighted by Gasteiger charge is 2.30. The van der Waals surface area contributed by atoms with Crippen LogP contribution in [0.15, 0.2) is 23.8 Å². The zero-order valence-corrected chi connectivity index (χ0v) is 17.5. The molecule has 2 heterocycles. The minimum Gasteiger partial charge on any atom is -0.378 e. The number of nitrogens with zero attached hydrogens (tertiary/aromatic N) is 3. The van der Waals surface area contributed by atoms with Crippen molar-refractivity contribution in [1.29, 1.82) is 5.26 Å². The molecule has 0 N–H and O–H groups in total. The largest absolute Gasteiger partial charge is 0.378 e. The number of ether oxygens (including phenoxy) is 1. The number of likely N-dealkylation sites (N-methyl/N-ethyl adjacent to an activating group) is 1. The summed E-state index contributed by atoms with van der Waals surface area (Å²) in [5, 5.41) is 9.60. The third kappa shape index (κ3) is 3.70. The SMILES string of the molecule is CCN1c2cc(C)c(/C=C(/C#N)C(=O)N3CCOCC3)cc2C(C)=CC1(C)C. The number of hydrogen-bond donors (Lipinski definition) is 0. The summed E-state index contributed by atoms with van der Waals surface area (Å²) in [7, 11) is 0. The van der Waals surface area contributed by atoms with Gasteiger partial charge in [-0.3, -0.25) is 4.79 Å². The second kappa shape index (κ2) is 7.81. The molecule has 0 aliphatic carbocycles. The number of morpholine rings is 1. The van der Waals surface area contributed by atoms with Crippen LogP contribution in [0.3, 0.4) is 0 Å². The van der Waals surface area contributed by atoms with E-state index in [1.54, 1.807) is 11.0 Å². The van der Waals surface area contributed by atoms with Crippen LogP contribution in [0.4, 0.5) is 5.69 Å². The van der Waals surface area contributed by atoms with Gasteiger partial charge >= 0.3 is 0 Å². The Balaban J connectivity index is 2.02. The highest BCUT2D eigenvalue weighted by atomic mass is 16.5. The molecule has 0 aromatic heterocycles. The topological polar surface area (TPSA) is 56.6 Å². The van der Waals surface area contributed by atoms with Crippen molar-refractivity contribution >= 4 is 23.2 Å². The highest BCUT2D eigenvalue weighted by Crippen LogP contribution is 2.40. The Morgan fingerprint density at radius 3 is 2.57 bits per heavy atom. The first-order valence-corrected chi connectivity index (χ1v) is 9.89. The van der Waals surface area contributed by atoms with Gasteiger partial charge in [-0.2, -0.15) is 5.26 Å². The van der Waals surface area contributed by atoms with Gasteiger partial charge in [-0.05, 0) is 69.5 Å². The van der Waals surface area contributed by atoms with E-state index >= 15 is 0 Å². The molecule has 1 saturated heterocycles. The van der Waals surface area contributed by atoms with E-state index in [0.29, 0.717) is 26.3 Å². The maximum atomic E-state index is 12.7. The molecule has 1 amide bonds. The van der Waals surface area contributed by atoms with Crippen LogP contribution in [0.25, 0.3) is 11.6 Å². The minimum absolute atomic E-state index is 0.0419. The number of benzene rings is 1. The van der Waals surface area contributed by atoms with Gasteiger partial charge in [-0.15, -0.1) is 0 Å². The van der Waals surface area contributed by atoms with E-state index in [0.717, 1.165) is 23.2 Å². The molecule has 3 rings (SSSR count). The van der Waals surface area contributed by atoms with E-state index in [2.05, 4.69) is 56.9 Å². The summed E-state index contributed by atoms with van der Waals surface area (Å²) in [5.74, 6) is -0.216. The molecule has 0 radical (unpaired) electrons. The van der Waals surface area contributed by atoms with Crippen molar-refractivity contribution in [2.75, 3.05) is 37.7 Å². The maximum absolute atomic E-state index is 12.7. The van der Waals surface area contributed by atoms with E-state index < -0.39 is 0 Å². The smallest absolute Gasteiger partial charge is 0.264 e. The molecule has 148 valence electrons. The number of allylic oxidation sites excluding steroid dienone is 1. The van der Waals surface area contributed by atoms with Crippen LogP contribution >= 0.6 is 0 Å². The predicted molar refractivity (Wildman–Crippen MR) is 113 cm³/mol. The van der Waals surface area contributed by atoms with Crippen LogP contribution < -0.4 is 4.90 Å². The number of amides is 1. The minimum atomic E-state index is -0.216. The summed E-state index contributed by atoms with van der Waals surface area (Å²) in [6.07, 6.45) is 4.02. The van der Waals surface area contributed by atoms with Gasteiger partial charge in [0.05, 0.1) is 18.8 Å². The van der Waals surface area contributed by atoms with E-state index in [1.165, 1.54) is 11.3 Å². The van der Waals surface area contributed by atoms with Crippen molar-refractivity contribution in [2.45, 2.75) is 40.2 Å². The zero-order chi connectivity index (χ0) is 20.5. The zero-order valence-electron chi connectivity index (χ0n) is 17.5. The highest BCUT2D eigenvalue weighted by molar-refractivity contribution is 6.02. The summed E-state index contributed by atoms with van der Waals surface area (Å²) < 4.78 is 5.30. The van der Waals surface area contributed by atoms with E-state index in [-0.39, 0.29) is 17.0 Å². The molecule has 2 aliphatic heterocycles. The number of anilines is 1. The Bertz CT molecular complexity index is 884. The monoisotopic (exact) mass is 379 g/mol. The summed E-state index contributed by atoms with van der Waals surface area (Å²) in [6.45, 7) is 13.8. The van der Waals surface area contributed by atoms with Crippen LogP contribution in [-0.2, 0) is 9.53 Å². The van der Waals surface area contributed by atoms with Gasteiger partial charge in [0.2, 0.25) is 0 Å². The second-order valence-corrected chi connectivity index (χ2v) is 8.03. The number of hydrogen-bond acceptors (Lipinski definition) is 4. The predicted octanol–water partition coefficient (Wildman–Crippen LogP) is 3.78. The van der Waals surface area contributed by atoms with Crippen LogP contribution in [-0.4, -0.2) is 49.2 Å². The fraction of sp³-hybridized carbons (Fsp3) is 0.478. The summed E-state index contributed by atoms with van der Waals surface area (Å²) in [4.78, 5) is 16.8. The van der Waals surface area contributed by atoms with Gasteiger partial charge in [0.1, 0.15) is 11.6 Å². The van der Waals surface area contributed by atoms with Crippen molar-refractivity contribution < 1.29 is 9.53 Å². The molecular weight excluding hydrogens is 350 g/mol. The maximum Gasteiger partial charge on any atom is 0.264 e. The molecule has 0 atom stereocenters. The van der Waals surface area contributed by atoms with Crippen LogP contribution in [0.5, 0.6) is 0 Å². The third-order valence-corrected chi connectivity index (χ3v) is 5.63. The lowest BCUT2D eigenvalue weighted by atomic mass is 9.86. The van der Waals surface area contributed by atoms with E-state index in [4.69, 9.17) is 4.74 Å². The molecule has 1 fully saturated rings. The lowest BCUT2D eigenvalue weighted by Crippen LogP contribution is -2.45. The van der Waals surface area contributed by atoms with Gasteiger partial charge in [0.15, 0.2) is 0 Å². The van der Waals surface area contributed by atoms with Gasteiger partial charge < -0.3 is 14.5 Å². The van der Waals surface area contributed by atoms with E-state index in [9.17, 15) is 10.1 Å². The van der Waals surface area contributed by atoms with Gasteiger partial charge in [-0.25, -0.2) is 0 Å². The summed E-state index contributed by atoms with van der Waals surface area (Å²) >= 11 is 0. The Hall–Kier alpha value is -2.58. The van der Waals surface area contributed by atoms with Crippen molar-refractivity contribution in [3.05, 3.63) is 40.5 Å². The molecule has 1 aromatic rings. The first-order valence-electron chi connectivity index (χ1n) is 9.89. The van der Waals surface area contributed by atoms with Crippen LogP contribution in [0.1, 0.15) is 44.4 Å². The molecule has 5 nitrogen and oxygen atoms in total. The molecule has 5 heteroatoms. The molecular formula is C23H29N3O2. The van der Waals surface area contributed by atoms with Crippen LogP contribution in [0, 0.1) is 18.3 Å². The molecule has 0 bridgehead atoms. The van der Waals surface area contributed by atoms with Gasteiger partial charge in [0, 0.05) is 30.9 Å². The lowest BCUT2D eigenvalue weighted by molar-refractivity contribution is -0.130.